The molecule has 0 rings (SSSR count). The molecule has 0 spiro atoms. The first-order valence-electron chi connectivity index (χ1n) is 3.65. The summed E-state index contributed by atoms with van der Waals surface area (Å²) in [5, 5.41) is 0. The zero-order valence-electron chi connectivity index (χ0n) is 6.67. The van der Waals surface area contributed by atoms with E-state index in [1.807, 2.05) is 6.92 Å². The largest absolute Gasteiger partial charge is 0.370 e. The lowest BCUT2D eigenvalue weighted by Crippen LogP contribution is -2.28. The molecule has 4 N–H and O–H groups in total. The molecule has 0 aliphatic carbocycles. The molecule has 0 bridgehead atoms. The Kier molecular flexibility index (Phi) is 4.26. The Morgan fingerprint density at radius 1 is 1.36 bits per heavy atom. The molecule has 11 heavy (non-hydrogen) atoms. The predicted molar refractivity (Wildman–Crippen MR) is 41.4 cm³/mol. The highest BCUT2D eigenvalue weighted by Crippen LogP contribution is 2.09. The van der Waals surface area contributed by atoms with E-state index in [-0.39, 0.29) is 12.3 Å². The smallest absolute Gasteiger partial charge is 0.221 e. The maximum absolute atomic E-state index is 10.6. The summed E-state index contributed by atoms with van der Waals surface area (Å²) in [6, 6.07) is 0. The first kappa shape index (κ1) is 9.94. The summed E-state index contributed by atoms with van der Waals surface area (Å²) in [6.45, 7) is 1.93. The summed E-state index contributed by atoms with van der Waals surface area (Å²) < 4.78 is 0. The van der Waals surface area contributed by atoms with Gasteiger partial charge >= 0.3 is 0 Å². The fourth-order valence-electron chi connectivity index (χ4n) is 0.936. The van der Waals surface area contributed by atoms with Crippen molar-refractivity contribution in [3.63, 3.8) is 0 Å². The van der Waals surface area contributed by atoms with Crippen molar-refractivity contribution in [2.45, 2.75) is 26.2 Å². The van der Waals surface area contributed by atoms with Crippen LogP contribution >= 0.6 is 0 Å². The van der Waals surface area contributed by atoms with Crippen molar-refractivity contribution in [2.75, 3.05) is 0 Å². The average molecular weight is 158 g/mol. The molecule has 0 aromatic carbocycles. The number of carbonyl (C=O) groups excluding carboxylic acids is 2. The van der Waals surface area contributed by atoms with Gasteiger partial charge in [-0.05, 0) is 6.42 Å². The normalized spacial score (nSPS) is 12.5. The number of rotatable bonds is 5. The Bertz CT molecular complexity index is 157. The lowest BCUT2D eigenvalue weighted by molar-refractivity contribution is -0.127. The average Bonchev–Trinajstić information content (AvgIpc) is 1.86. The van der Waals surface area contributed by atoms with Crippen LogP contribution in [0.25, 0.3) is 0 Å². The monoisotopic (exact) mass is 158 g/mol. The minimum absolute atomic E-state index is 0.0726. The van der Waals surface area contributed by atoms with Gasteiger partial charge in [0, 0.05) is 12.3 Å². The Morgan fingerprint density at radius 2 is 1.91 bits per heavy atom. The van der Waals surface area contributed by atoms with Gasteiger partial charge in [-0.25, -0.2) is 0 Å². The molecule has 0 aromatic heterocycles. The standard InChI is InChI=1S/C7H14N2O2/c1-2-3-5(7(9)11)4-6(8)10/h5H,2-4H2,1H3,(H2,8,10)(H2,9,11)/t5-/m1/s1. The van der Waals surface area contributed by atoms with E-state index in [9.17, 15) is 9.59 Å². The highest BCUT2D eigenvalue weighted by Gasteiger charge is 2.16. The van der Waals surface area contributed by atoms with Crippen LogP contribution in [0.2, 0.25) is 0 Å². The second-order valence-corrected chi connectivity index (χ2v) is 2.56. The van der Waals surface area contributed by atoms with Crippen molar-refractivity contribution in [3.8, 4) is 0 Å². The molecule has 0 saturated heterocycles. The third kappa shape index (κ3) is 4.36. The summed E-state index contributed by atoms with van der Waals surface area (Å²) in [4.78, 5) is 21.0. The van der Waals surface area contributed by atoms with Crippen LogP contribution in [0.4, 0.5) is 0 Å². The summed E-state index contributed by atoms with van der Waals surface area (Å²) in [6.07, 6.45) is 1.54. The fourth-order valence-corrected chi connectivity index (χ4v) is 0.936. The second kappa shape index (κ2) is 4.71. The van der Waals surface area contributed by atoms with Crippen LogP contribution in [0.15, 0.2) is 0 Å². The lowest BCUT2D eigenvalue weighted by atomic mass is 9.99. The molecule has 4 nitrogen and oxygen atoms in total. The molecule has 64 valence electrons. The van der Waals surface area contributed by atoms with Gasteiger partial charge < -0.3 is 11.5 Å². The van der Waals surface area contributed by atoms with E-state index >= 15 is 0 Å². The van der Waals surface area contributed by atoms with Crippen molar-refractivity contribution < 1.29 is 9.59 Å². The molecular weight excluding hydrogens is 144 g/mol. The molecule has 0 heterocycles. The highest BCUT2D eigenvalue weighted by atomic mass is 16.2. The minimum Gasteiger partial charge on any atom is -0.370 e. The molecule has 4 heteroatoms. The summed E-state index contributed by atoms with van der Waals surface area (Å²) >= 11 is 0. The maximum Gasteiger partial charge on any atom is 0.221 e. The van der Waals surface area contributed by atoms with E-state index in [2.05, 4.69) is 0 Å². The van der Waals surface area contributed by atoms with Crippen LogP contribution < -0.4 is 11.5 Å². The molecule has 0 aliphatic heterocycles. The van der Waals surface area contributed by atoms with Crippen molar-refractivity contribution in [2.24, 2.45) is 17.4 Å². The van der Waals surface area contributed by atoms with E-state index in [4.69, 9.17) is 11.5 Å². The third-order valence-corrected chi connectivity index (χ3v) is 1.49. The van der Waals surface area contributed by atoms with Crippen LogP contribution in [0.1, 0.15) is 26.2 Å². The van der Waals surface area contributed by atoms with Gasteiger partial charge in [0.2, 0.25) is 11.8 Å². The Balaban J connectivity index is 3.89. The third-order valence-electron chi connectivity index (χ3n) is 1.49. The fraction of sp³-hybridized carbons (Fsp3) is 0.714. The number of hydrogen-bond donors (Lipinski definition) is 2. The van der Waals surface area contributed by atoms with E-state index in [0.717, 1.165) is 6.42 Å². The van der Waals surface area contributed by atoms with Crippen LogP contribution in [0.3, 0.4) is 0 Å². The summed E-state index contributed by atoms with van der Waals surface area (Å²) in [5.74, 6) is -1.29. The van der Waals surface area contributed by atoms with Gasteiger partial charge in [0.05, 0.1) is 0 Å². The van der Waals surface area contributed by atoms with Crippen molar-refractivity contribution in [3.05, 3.63) is 0 Å². The zero-order valence-corrected chi connectivity index (χ0v) is 6.67. The highest BCUT2D eigenvalue weighted by molar-refractivity contribution is 5.83. The summed E-state index contributed by atoms with van der Waals surface area (Å²) in [7, 11) is 0. The van der Waals surface area contributed by atoms with Gasteiger partial charge in [0.15, 0.2) is 0 Å². The molecule has 2 amide bonds. The molecule has 0 unspecified atom stereocenters. The van der Waals surface area contributed by atoms with Gasteiger partial charge in [0.1, 0.15) is 0 Å². The van der Waals surface area contributed by atoms with Crippen LogP contribution in [0.5, 0.6) is 0 Å². The Morgan fingerprint density at radius 3 is 2.18 bits per heavy atom. The SMILES string of the molecule is CCC[C@H](CC(N)=O)C(N)=O. The molecule has 0 aliphatic rings. The Labute approximate surface area is 65.9 Å². The first-order valence-corrected chi connectivity index (χ1v) is 3.65. The molecule has 0 radical (unpaired) electrons. The molecule has 0 aromatic rings. The first-order chi connectivity index (χ1) is 5.07. The topological polar surface area (TPSA) is 86.2 Å². The van der Waals surface area contributed by atoms with Gasteiger partial charge in [-0.3, -0.25) is 9.59 Å². The van der Waals surface area contributed by atoms with Crippen molar-refractivity contribution >= 4 is 11.8 Å². The quantitative estimate of drug-likeness (QED) is 0.578. The van der Waals surface area contributed by atoms with Gasteiger partial charge in [0.25, 0.3) is 0 Å². The number of primary amides is 2. The Hall–Kier alpha value is -1.06. The molecule has 0 fully saturated rings. The van der Waals surface area contributed by atoms with E-state index in [1.165, 1.54) is 0 Å². The number of amides is 2. The van der Waals surface area contributed by atoms with E-state index < -0.39 is 11.8 Å². The maximum atomic E-state index is 10.6. The van der Waals surface area contributed by atoms with Crippen molar-refractivity contribution in [1.29, 1.82) is 0 Å². The minimum atomic E-state index is -0.470. The predicted octanol–water partition coefficient (Wildman–Crippen LogP) is -0.237. The van der Waals surface area contributed by atoms with Gasteiger partial charge in [-0.15, -0.1) is 0 Å². The molecule has 0 saturated carbocycles. The van der Waals surface area contributed by atoms with Gasteiger partial charge in [-0.1, -0.05) is 13.3 Å². The molecular formula is C7H14N2O2. The van der Waals surface area contributed by atoms with Gasteiger partial charge in [-0.2, -0.15) is 0 Å². The van der Waals surface area contributed by atoms with E-state index in [1.54, 1.807) is 0 Å². The number of nitrogens with two attached hydrogens (primary N) is 2. The number of carbonyl (C=O) groups is 2. The van der Waals surface area contributed by atoms with Crippen LogP contribution in [0, 0.1) is 5.92 Å². The second-order valence-electron chi connectivity index (χ2n) is 2.56. The van der Waals surface area contributed by atoms with E-state index in [0.29, 0.717) is 6.42 Å². The van der Waals surface area contributed by atoms with Crippen LogP contribution in [-0.2, 0) is 9.59 Å². The van der Waals surface area contributed by atoms with Crippen LogP contribution in [-0.4, -0.2) is 11.8 Å². The van der Waals surface area contributed by atoms with Crippen molar-refractivity contribution in [1.82, 2.24) is 0 Å². The molecule has 1 atom stereocenters. The zero-order chi connectivity index (χ0) is 8.85. The summed E-state index contributed by atoms with van der Waals surface area (Å²) in [5.41, 5.74) is 9.94. The number of hydrogen-bond acceptors (Lipinski definition) is 2. The lowest BCUT2D eigenvalue weighted by Gasteiger charge is -2.08.